The Morgan fingerprint density at radius 3 is 2.61 bits per heavy atom. The van der Waals surface area contributed by atoms with Gasteiger partial charge in [0, 0.05) is 6.20 Å². The molecule has 0 spiro atoms. The summed E-state index contributed by atoms with van der Waals surface area (Å²) in [6.45, 7) is 5.58. The lowest BCUT2D eigenvalue weighted by atomic mass is 10.2. The molecule has 7 nitrogen and oxygen atoms in total. The second kappa shape index (κ2) is 3.80. The van der Waals surface area contributed by atoms with Crippen LogP contribution in [0, 0.1) is 20.8 Å². The molecule has 0 radical (unpaired) electrons. The van der Waals surface area contributed by atoms with Crippen molar-refractivity contribution in [3.63, 3.8) is 0 Å². The fourth-order valence-corrected chi connectivity index (χ4v) is 1.79. The first-order valence-electron chi connectivity index (χ1n) is 5.52. The first kappa shape index (κ1) is 10.7. The zero-order chi connectivity index (χ0) is 12.7. The molecule has 3 aromatic rings. The van der Waals surface area contributed by atoms with E-state index in [1.807, 2.05) is 20.8 Å². The van der Waals surface area contributed by atoms with E-state index in [1.165, 1.54) is 0 Å². The molecule has 3 heterocycles. The minimum absolute atomic E-state index is 0.500. The van der Waals surface area contributed by atoms with E-state index in [9.17, 15) is 0 Å². The van der Waals surface area contributed by atoms with Gasteiger partial charge in [-0.2, -0.15) is 9.50 Å². The lowest BCUT2D eigenvalue weighted by Gasteiger charge is -2.04. The van der Waals surface area contributed by atoms with Crippen LogP contribution in [0.5, 0.6) is 0 Å². The summed E-state index contributed by atoms with van der Waals surface area (Å²) >= 11 is 0. The number of aromatic nitrogens is 7. The van der Waals surface area contributed by atoms with Crippen LogP contribution in [-0.4, -0.2) is 34.8 Å². The van der Waals surface area contributed by atoms with Crippen molar-refractivity contribution in [2.75, 3.05) is 0 Å². The third-order valence-electron chi connectivity index (χ3n) is 2.61. The molecule has 0 unspecified atom stereocenters. The molecule has 3 rings (SSSR count). The predicted molar refractivity (Wildman–Crippen MR) is 63.8 cm³/mol. The van der Waals surface area contributed by atoms with E-state index < -0.39 is 0 Å². The Kier molecular flexibility index (Phi) is 2.26. The van der Waals surface area contributed by atoms with Crippen molar-refractivity contribution in [1.29, 1.82) is 0 Å². The van der Waals surface area contributed by atoms with Gasteiger partial charge in [0.05, 0.1) is 11.4 Å². The van der Waals surface area contributed by atoms with Gasteiger partial charge < -0.3 is 0 Å². The Bertz CT molecular complexity index is 731. The molecule has 0 atom stereocenters. The van der Waals surface area contributed by atoms with Gasteiger partial charge in [0.2, 0.25) is 0 Å². The highest BCUT2D eigenvalue weighted by Crippen LogP contribution is 2.17. The minimum Gasteiger partial charge on any atom is -0.242 e. The molecular formula is C11H11N7. The van der Waals surface area contributed by atoms with Crippen LogP contribution in [0.4, 0.5) is 0 Å². The van der Waals surface area contributed by atoms with Gasteiger partial charge >= 0.3 is 0 Å². The van der Waals surface area contributed by atoms with Gasteiger partial charge in [-0.15, -0.1) is 15.3 Å². The smallest absolute Gasteiger partial charge is 0.242 e. The molecule has 0 bridgehead atoms. The van der Waals surface area contributed by atoms with Crippen LogP contribution in [0.15, 0.2) is 12.3 Å². The van der Waals surface area contributed by atoms with Crippen molar-refractivity contribution in [2.45, 2.75) is 20.8 Å². The third kappa shape index (κ3) is 1.60. The summed E-state index contributed by atoms with van der Waals surface area (Å²) in [4.78, 5) is 12.6. The SMILES string of the molecule is Cc1nccc(-c2nnc3nc(C)nn3c2C)n1. The maximum atomic E-state index is 4.34. The Morgan fingerprint density at radius 1 is 1.00 bits per heavy atom. The number of hydrogen-bond donors (Lipinski definition) is 0. The maximum Gasteiger partial charge on any atom is 0.272 e. The molecule has 0 N–H and O–H groups in total. The Balaban J connectivity index is 2.26. The highest BCUT2D eigenvalue weighted by atomic mass is 15.4. The fourth-order valence-electron chi connectivity index (χ4n) is 1.79. The van der Waals surface area contributed by atoms with Gasteiger partial charge in [0.25, 0.3) is 5.78 Å². The summed E-state index contributed by atoms with van der Waals surface area (Å²) in [6.07, 6.45) is 1.70. The van der Waals surface area contributed by atoms with Crippen LogP contribution in [0.1, 0.15) is 17.3 Å². The molecule has 7 heteroatoms. The molecule has 0 aliphatic heterocycles. The van der Waals surface area contributed by atoms with Gasteiger partial charge in [-0.3, -0.25) is 0 Å². The molecule has 90 valence electrons. The van der Waals surface area contributed by atoms with Crippen LogP contribution in [-0.2, 0) is 0 Å². The Labute approximate surface area is 103 Å². The first-order valence-corrected chi connectivity index (χ1v) is 5.52. The number of nitrogens with zero attached hydrogens (tertiary/aromatic N) is 7. The van der Waals surface area contributed by atoms with Gasteiger partial charge in [0.1, 0.15) is 17.3 Å². The molecule has 0 saturated carbocycles. The van der Waals surface area contributed by atoms with Crippen LogP contribution in [0.2, 0.25) is 0 Å². The Hall–Kier alpha value is -2.44. The van der Waals surface area contributed by atoms with E-state index >= 15 is 0 Å². The van der Waals surface area contributed by atoms with Gasteiger partial charge in [-0.25, -0.2) is 9.97 Å². The number of rotatable bonds is 1. The summed E-state index contributed by atoms with van der Waals surface area (Å²) in [7, 11) is 0. The van der Waals surface area contributed by atoms with E-state index in [2.05, 4.69) is 30.2 Å². The second-order valence-corrected chi connectivity index (χ2v) is 3.99. The summed E-state index contributed by atoms with van der Waals surface area (Å²) in [5.74, 6) is 1.87. The lowest BCUT2D eigenvalue weighted by Crippen LogP contribution is -2.04. The van der Waals surface area contributed by atoms with E-state index in [4.69, 9.17) is 0 Å². The van der Waals surface area contributed by atoms with E-state index in [1.54, 1.807) is 16.8 Å². The largest absolute Gasteiger partial charge is 0.272 e. The van der Waals surface area contributed by atoms with E-state index in [0.717, 1.165) is 11.4 Å². The summed E-state index contributed by atoms with van der Waals surface area (Å²) in [5.41, 5.74) is 2.29. The standard InChI is InChI=1S/C11H11N7/c1-6-10(9-4-5-12-7(2)13-9)15-16-11-14-8(3)17-18(6)11/h4-5H,1-3H3. The topological polar surface area (TPSA) is 81.8 Å². The minimum atomic E-state index is 0.500. The monoisotopic (exact) mass is 241 g/mol. The summed E-state index contributed by atoms with van der Waals surface area (Å²) in [6, 6.07) is 1.81. The third-order valence-corrected chi connectivity index (χ3v) is 2.61. The van der Waals surface area contributed by atoms with Gasteiger partial charge in [-0.1, -0.05) is 0 Å². The zero-order valence-corrected chi connectivity index (χ0v) is 10.3. The van der Waals surface area contributed by atoms with Crippen LogP contribution < -0.4 is 0 Å². The molecule has 3 aromatic heterocycles. The summed E-state index contributed by atoms with van der Waals surface area (Å²) < 4.78 is 1.68. The molecule has 0 aliphatic rings. The molecule has 0 amide bonds. The normalized spacial score (nSPS) is 11.1. The second-order valence-electron chi connectivity index (χ2n) is 3.99. The van der Waals surface area contributed by atoms with Crippen molar-refractivity contribution in [1.82, 2.24) is 34.8 Å². The van der Waals surface area contributed by atoms with Crippen molar-refractivity contribution < 1.29 is 0 Å². The Morgan fingerprint density at radius 2 is 1.83 bits per heavy atom. The highest BCUT2D eigenvalue weighted by molar-refractivity contribution is 5.56. The van der Waals surface area contributed by atoms with Crippen molar-refractivity contribution >= 4 is 5.78 Å². The molecule has 0 aromatic carbocycles. The molecule has 18 heavy (non-hydrogen) atoms. The number of aryl methyl sites for hydroxylation is 3. The molecular weight excluding hydrogens is 230 g/mol. The molecule has 0 saturated heterocycles. The number of fused-ring (bicyclic) bond motifs is 1. The summed E-state index contributed by atoms with van der Waals surface area (Å²) in [5, 5.41) is 12.5. The van der Waals surface area contributed by atoms with Crippen molar-refractivity contribution in [3.8, 4) is 11.4 Å². The average molecular weight is 241 g/mol. The van der Waals surface area contributed by atoms with E-state index in [0.29, 0.717) is 23.1 Å². The quantitative estimate of drug-likeness (QED) is 0.629. The van der Waals surface area contributed by atoms with E-state index in [-0.39, 0.29) is 0 Å². The fraction of sp³-hybridized carbons (Fsp3) is 0.273. The van der Waals surface area contributed by atoms with Crippen LogP contribution in [0.25, 0.3) is 17.2 Å². The molecule has 0 fully saturated rings. The van der Waals surface area contributed by atoms with Gasteiger partial charge in [-0.05, 0) is 26.8 Å². The average Bonchev–Trinajstić information content (AvgIpc) is 2.71. The number of hydrogen-bond acceptors (Lipinski definition) is 6. The first-order chi connectivity index (χ1) is 8.65. The van der Waals surface area contributed by atoms with Gasteiger partial charge in [0.15, 0.2) is 0 Å². The van der Waals surface area contributed by atoms with Crippen molar-refractivity contribution in [2.24, 2.45) is 0 Å². The van der Waals surface area contributed by atoms with Crippen LogP contribution in [0.3, 0.4) is 0 Å². The zero-order valence-electron chi connectivity index (χ0n) is 10.3. The highest BCUT2D eigenvalue weighted by Gasteiger charge is 2.12. The molecule has 0 aliphatic carbocycles. The van der Waals surface area contributed by atoms with Crippen LogP contribution >= 0.6 is 0 Å². The van der Waals surface area contributed by atoms with Crippen molar-refractivity contribution in [3.05, 3.63) is 29.6 Å². The lowest BCUT2D eigenvalue weighted by molar-refractivity contribution is 0.840. The maximum absolute atomic E-state index is 4.34. The predicted octanol–water partition coefficient (Wildman–Crippen LogP) is 0.902.